The van der Waals surface area contributed by atoms with Crippen LogP contribution in [0.1, 0.15) is 117 Å². The molecule has 0 bridgehead atoms. The Labute approximate surface area is 327 Å². The number of benzene rings is 1. The Morgan fingerprint density at radius 2 is 1.23 bits per heavy atom. The van der Waals surface area contributed by atoms with E-state index in [9.17, 15) is 0 Å². The molecule has 2 unspecified atom stereocenters. The zero-order chi connectivity index (χ0) is 36.3. The summed E-state index contributed by atoms with van der Waals surface area (Å²) >= 11 is 7.17. The lowest BCUT2D eigenvalue weighted by Crippen LogP contribution is -2.12. The van der Waals surface area contributed by atoms with Crippen molar-refractivity contribution in [2.45, 2.75) is 118 Å². The Morgan fingerprint density at radius 3 is 1.88 bits per heavy atom. The summed E-state index contributed by atoms with van der Waals surface area (Å²) in [6, 6.07) is 15.6. The third kappa shape index (κ3) is 9.47. The van der Waals surface area contributed by atoms with Crippen LogP contribution in [0.3, 0.4) is 0 Å². The van der Waals surface area contributed by atoms with Gasteiger partial charge in [-0.1, -0.05) is 92.4 Å². The molecule has 8 heteroatoms. The lowest BCUT2D eigenvalue weighted by molar-refractivity contribution is 0.235. The van der Waals surface area contributed by atoms with Gasteiger partial charge in [0.25, 0.3) is 0 Å². The van der Waals surface area contributed by atoms with Crippen molar-refractivity contribution in [1.82, 2.24) is 10.2 Å². The largest absolute Gasteiger partial charge is 0.491 e. The lowest BCUT2D eigenvalue weighted by atomic mass is 10.0. The Morgan fingerprint density at radius 1 is 0.577 bits per heavy atom. The highest BCUT2D eigenvalue weighted by Gasteiger charge is 2.23. The average molecular weight is 773 g/mol. The summed E-state index contributed by atoms with van der Waals surface area (Å²) in [5.74, 6) is 3.18. The molecule has 0 aliphatic carbocycles. The topological polar surface area (TPSA) is 44.2 Å². The van der Waals surface area contributed by atoms with Gasteiger partial charge in [-0.3, -0.25) is 0 Å². The summed E-state index contributed by atoms with van der Waals surface area (Å²) in [4.78, 5) is 4.80. The zero-order valence-corrected chi connectivity index (χ0v) is 35.1. The fourth-order valence-electron chi connectivity index (χ4n) is 6.84. The maximum absolute atomic E-state index is 6.85. The van der Waals surface area contributed by atoms with Crippen molar-refractivity contribution in [3.63, 3.8) is 0 Å². The molecule has 278 valence electrons. The molecule has 0 fully saturated rings. The van der Waals surface area contributed by atoms with E-state index < -0.39 is 0 Å². The van der Waals surface area contributed by atoms with Gasteiger partial charge in [-0.25, -0.2) is 0 Å². The molecule has 4 nitrogen and oxygen atoms in total. The third-order valence-electron chi connectivity index (χ3n) is 10.3. The van der Waals surface area contributed by atoms with Crippen molar-refractivity contribution in [1.29, 1.82) is 0 Å². The summed E-state index contributed by atoms with van der Waals surface area (Å²) in [6.07, 6.45) is 15.9. The molecule has 1 aromatic carbocycles. The molecular formula is C44H56N2O2S4. The fraction of sp³-hybridized carbons (Fsp3) is 0.500. The number of aryl methyl sites for hydroxylation is 1. The van der Waals surface area contributed by atoms with Crippen molar-refractivity contribution >= 4 is 65.5 Å². The number of fused-ring (bicyclic) bond motifs is 2. The van der Waals surface area contributed by atoms with Crippen LogP contribution in [0.4, 0.5) is 0 Å². The third-order valence-corrected chi connectivity index (χ3v) is 14.7. The zero-order valence-electron chi connectivity index (χ0n) is 31.8. The molecule has 5 aromatic heterocycles. The van der Waals surface area contributed by atoms with Gasteiger partial charge in [0.15, 0.2) is 0 Å². The molecule has 2 atom stereocenters. The van der Waals surface area contributed by atoms with Gasteiger partial charge in [-0.2, -0.15) is 0 Å². The summed E-state index contributed by atoms with van der Waals surface area (Å²) in [5.41, 5.74) is 3.29. The van der Waals surface area contributed by atoms with E-state index in [2.05, 4.69) is 92.9 Å². The van der Waals surface area contributed by atoms with E-state index in [1.807, 2.05) is 11.3 Å². The van der Waals surface area contributed by atoms with Crippen LogP contribution in [0.15, 0.2) is 53.2 Å². The number of rotatable bonds is 22. The van der Waals surface area contributed by atoms with Crippen molar-refractivity contribution < 1.29 is 9.47 Å². The Hall–Kier alpha value is -2.78. The van der Waals surface area contributed by atoms with Gasteiger partial charge >= 0.3 is 0 Å². The summed E-state index contributed by atoms with van der Waals surface area (Å²) in [7, 11) is 0. The van der Waals surface area contributed by atoms with E-state index in [4.69, 9.17) is 14.6 Å². The number of thiophene rings is 4. The van der Waals surface area contributed by atoms with Gasteiger partial charge in [0, 0.05) is 20.5 Å². The maximum Gasteiger partial charge on any atom is 0.146 e. The highest BCUT2D eigenvalue weighted by atomic mass is 32.1. The van der Waals surface area contributed by atoms with E-state index >= 15 is 0 Å². The first-order valence-electron chi connectivity index (χ1n) is 19.8. The highest BCUT2D eigenvalue weighted by molar-refractivity contribution is 7.27. The first-order valence-corrected chi connectivity index (χ1v) is 23.2. The maximum atomic E-state index is 6.85. The molecule has 0 amide bonds. The minimum Gasteiger partial charge on any atom is -0.491 e. The van der Waals surface area contributed by atoms with Gasteiger partial charge in [-0.05, 0) is 96.3 Å². The van der Waals surface area contributed by atoms with Crippen molar-refractivity contribution in [3.8, 4) is 42.4 Å². The summed E-state index contributed by atoms with van der Waals surface area (Å²) in [5, 5.41) is 16.2. The predicted octanol–water partition coefficient (Wildman–Crippen LogP) is 15.3. The number of unbranched alkanes of at least 4 members (excludes halogenated alkanes) is 5. The number of hydrogen-bond acceptors (Lipinski definition) is 8. The second kappa shape index (κ2) is 19.5. The van der Waals surface area contributed by atoms with Crippen LogP contribution in [-0.2, 0) is 6.42 Å². The van der Waals surface area contributed by atoms with Gasteiger partial charge in [0.1, 0.15) is 22.9 Å². The first-order chi connectivity index (χ1) is 25.6. The van der Waals surface area contributed by atoms with Crippen LogP contribution < -0.4 is 9.47 Å². The van der Waals surface area contributed by atoms with Crippen molar-refractivity contribution in [2.24, 2.45) is 11.8 Å². The molecular weight excluding hydrogens is 717 g/mol. The second-order valence-electron chi connectivity index (χ2n) is 14.2. The minimum atomic E-state index is 0.563. The Bertz CT molecular complexity index is 1900. The van der Waals surface area contributed by atoms with Crippen LogP contribution in [0.2, 0.25) is 0 Å². The normalized spacial score (nSPS) is 12.9. The molecule has 52 heavy (non-hydrogen) atoms. The number of hydrogen-bond donors (Lipinski definition) is 0. The molecule has 5 heterocycles. The van der Waals surface area contributed by atoms with Crippen LogP contribution in [0, 0.1) is 11.8 Å². The Kier molecular flexibility index (Phi) is 14.6. The predicted molar refractivity (Wildman–Crippen MR) is 230 cm³/mol. The number of aromatic nitrogens is 2. The monoisotopic (exact) mass is 772 g/mol. The minimum absolute atomic E-state index is 0.563. The van der Waals surface area contributed by atoms with Gasteiger partial charge in [-0.15, -0.1) is 55.5 Å². The fourth-order valence-corrected chi connectivity index (χ4v) is 10.9. The quantitative estimate of drug-likeness (QED) is 0.0645. The van der Waals surface area contributed by atoms with Crippen LogP contribution in [0.5, 0.6) is 11.5 Å². The van der Waals surface area contributed by atoms with Crippen LogP contribution >= 0.6 is 45.3 Å². The molecule has 0 spiro atoms. The van der Waals surface area contributed by atoms with E-state index in [0.717, 1.165) is 60.2 Å². The van der Waals surface area contributed by atoms with Gasteiger partial charge in [0.2, 0.25) is 0 Å². The van der Waals surface area contributed by atoms with E-state index in [1.54, 1.807) is 34.0 Å². The molecule has 6 rings (SSSR count). The molecule has 6 aromatic rings. The molecule has 0 saturated carbocycles. The number of ether oxygens (including phenoxy) is 2. The number of nitrogens with zero attached hydrogens (tertiary/aromatic N) is 2. The van der Waals surface area contributed by atoms with Crippen molar-refractivity contribution in [2.75, 3.05) is 13.2 Å². The van der Waals surface area contributed by atoms with Crippen LogP contribution in [0.25, 0.3) is 51.1 Å². The summed E-state index contributed by atoms with van der Waals surface area (Å²) < 4.78 is 16.1. The lowest BCUT2D eigenvalue weighted by Gasteiger charge is -2.19. The highest BCUT2D eigenvalue weighted by Crippen LogP contribution is 2.51. The average Bonchev–Trinajstić information content (AvgIpc) is 4.01. The standard InChI is InChI=1S/C44H56N2O2S4/c1-6-11-14-15-18-32-25-39(50-29-32)36-20-19-35(45-46-36)37-21-22-38(51-37)40-26-34-42(48-28-31(10-5)17-13-8-3)43-33(23-24-49-43)41(44(34)52-40)47-27-30(9-4)16-12-7-2/h19-26,29-31H,6-18,27-28H2,1-5H3. The first kappa shape index (κ1) is 38.9. The van der Waals surface area contributed by atoms with E-state index in [0.29, 0.717) is 11.8 Å². The van der Waals surface area contributed by atoms with Gasteiger partial charge in [0.05, 0.1) is 32.4 Å². The Balaban J connectivity index is 1.28. The SMILES string of the molecule is CCCCCCc1csc(-c2ccc(-c3ccc(-c4cc5c(OCC(CC)CCCC)c6sccc6c(OCC(CC)CCCC)c5s4)s3)nn2)c1. The molecule has 0 radical (unpaired) electrons. The molecule has 0 N–H and O–H groups in total. The smallest absolute Gasteiger partial charge is 0.146 e. The second-order valence-corrected chi connectivity index (χ2v) is 18.2. The van der Waals surface area contributed by atoms with Crippen LogP contribution in [-0.4, -0.2) is 23.4 Å². The van der Waals surface area contributed by atoms with Gasteiger partial charge < -0.3 is 9.47 Å². The van der Waals surface area contributed by atoms with Crippen molar-refractivity contribution in [3.05, 3.63) is 58.8 Å². The molecule has 0 aliphatic heterocycles. The molecule has 0 saturated heterocycles. The summed E-state index contributed by atoms with van der Waals surface area (Å²) in [6.45, 7) is 12.9. The molecule has 0 aliphatic rings. The van der Waals surface area contributed by atoms with E-state index in [-0.39, 0.29) is 0 Å². The van der Waals surface area contributed by atoms with E-state index in [1.165, 1.54) is 105 Å².